The van der Waals surface area contributed by atoms with Gasteiger partial charge in [0.1, 0.15) is 0 Å². The normalized spacial score (nSPS) is 10.7. The van der Waals surface area contributed by atoms with Gasteiger partial charge in [-0.15, -0.1) is 10.2 Å². The molecule has 0 aliphatic carbocycles. The van der Waals surface area contributed by atoms with Crippen LogP contribution in [0.2, 0.25) is 0 Å². The van der Waals surface area contributed by atoms with E-state index in [-0.39, 0.29) is 11.7 Å². The number of benzene rings is 1. The molecular weight excluding hydrogens is 378 g/mol. The number of aromatic nitrogens is 2. The second kappa shape index (κ2) is 10.3. The van der Waals surface area contributed by atoms with Gasteiger partial charge in [0.15, 0.2) is 4.34 Å². The summed E-state index contributed by atoms with van der Waals surface area (Å²) >= 11 is 2.83. The second-order valence-electron chi connectivity index (χ2n) is 6.66. The number of hydrogen-bond acceptors (Lipinski definition) is 7. The van der Waals surface area contributed by atoms with Crippen molar-refractivity contribution in [2.45, 2.75) is 38.5 Å². The van der Waals surface area contributed by atoms with Gasteiger partial charge in [-0.3, -0.25) is 4.79 Å². The Balaban J connectivity index is 2.01. The van der Waals surface area contributed by atoms with E-state index in [1.54, 1.807) is 4.90 Å². The molecule has 0 radical (unpaired) electrons. The third-order valence-corrected chi connectivity index (χ3v) is 5.94. The largest absolute Gasteiger partial charge is 0.360 e. The predicted octanol–water partition coefficient (Wildman–Crippen LogP) is 4.26. The summed E-state index contributed by atoms with van der Waals surface area (Å²) in [5.74, 6) is 0.751. The third-order valence-electron chi connectivity index (χ3n) is 3.94. The van der Waals surface area contributed by atoms with Gasteiger partial charge in [0.2, 0.25) is 11.0 Å². The number of carbonyl (C=O) groups excluding carboxylic acids is 1. The minimum absolute atomic E-state index is 0.0367. The highest BCUT2D eigenvalue weighted by Gasteiger charge is 2.17. The van der Waals surface area contributed by atoms with Crippen LogP contribution in [0.4, 0.5) is 10.8 Å². The molecule has 1 N–H and O–H groups in total. The van der Waals surface area contributed by atoms with Gasteiger partial charge in [0.25, 0.3) is 0 Å². The lowest BCUT2D eigenvalue weighted by Crippen LogP contribution is -2.33. The summed E-state index contributed by atoms with van der Waals surface area (Å²) in [7, 11) is 0. The Bertz CT molecular complexity index is 813. The number of thioether (sulfide) groups is 1. The van der Waals surface area contributed by atoms with Crippen LogP contribution in [0.5, 0.6) is 0 Å². The first-order chi connectivity index (χ1) is 12.9. The number of rotatable bonds is 9. The van der Waals surface area contributed by atoms with Gasteiger partial charge in [-0.2, -0.15) is 5.26 Å². The van der Waals surface area contributed by atoms with E-state index in [0.29, 0.717) is 18.9 Å². The van der Waals surface area contributed by atoms with Crippen molar-refractivity contribution in [1.82, 2.24) is 10.2 Å². The Morgan fingerprint density at radius 1 is 1.33 bits per heavy atom. The van der Waals surface area contributed by atoms with Crippen LogP contribution in [-0.4, -0.2) is 34.9 Å². The maximum absolute atomic E-state index is 12.8. The first-order valence-electron chi connectivity index (χ1n) is 8.85. The van der Waals surface area contributed by atoms with Crippen LogP contribution in [0.3, 0.4) is 0 Å². The molecule has 0 spiro atoms. The fraction of sp³-hybridized carbons (Fsp3) is 0.474. The lowest BCUT2D eigenvalue weighted by atomic mass is 10.1. The Hall–Kier alpha value is -2.11. The SMILES string of the molecule is Cc1ccc(N(CCC#N)C(=O)CSc2nnc(NCC(C)C)s2)cc1C. The molecule has 6 nitrogen and oxygen atoms in total. The molecule has 1 amide bonds. The Labute approximate surface area is 169 Å². The van der Waals surface area contributed by atoms with Crippen LogP contribution in [0, 0.1) is 31.1 Å². The highest BCUT2D eigenvalue weighted by atomic mass is 32.2. The zero-order valence-corrected chi connectivity index (χ0v) is 17.8. The molecule has 1 aromatic carbocycles. The summed E-state index contributed by atoms with van der Waals surface area (Å²) < 4.78 is 0.759. The van der Waals surface area contributed by atoms with Crippen LogP contribution in [0.15, 0.2) is 22.5 Å². The number of nitrogens with one attached hydrogen (secondary N) is 1. The molecule has 0 saturated heterocycles. The van der Waals surface area contributed by atoms with Crippen molar-refractivity contribution in [3.63, 3.8) is 0 Å². The fourth-order valence-electron chi connectivity index (χ4n) is 2.29. The molecule has 0 unspecified atom stereocenters. The number of aryl methyl sites for hydroxylation is 2. The van der Waals surface area contributed by atoms with Crippen LogP contribution < -0.4 is 10.2 Å². The number of anilines is 2. The zero-order chi connectivity index (χ0) is 19.8. The first-order valence-corrected chi connectivity index (χ1v) is 10.7. The predicted molar refractivity (Wildman–Crippen MR) is 112 cm³/mol. The highest BCUT2D eigenvalue weighted by Crippen LogP contribution is 2.27. The Morgan fingerprint density at radius 3 is 2.78 bits per heavy atom. The first kappa shape index (κ1) is 21.2. The molecule has 0 saturated carbocycles. The summed E-state index contributed by atoms with van der Waals surface area (Å²) in [6.45, 7) is 9.54. The molecule has 8 heteroatoms. The smallest absolute Gasteiger partial charge is 0.237 e. The van der Waals surface area contributed by atoms with Crippen LogP contribution in [-0.2, 0) is 4.79 Å². The monoisotopic (exact) mass is 403 g/mol. The number of hydrogen-bond donors (Lipinski definition) is 1. The third kappa shape index (κ3) is 6.52. The number of carbonyl (C=O) groups is 1. The number of nitriles is 1. The quantitative estimate of drug-likeness (QED) is 0.630. The topological polar surface area (TPSA) is 81.9 Å². The molecule has 1 heterocycles. The van der Waals surface area contributed by atoms with Crippen molar-refractivity contribution in [3.8, 4) is 6.07 Å². The molecule has 0 atom stereocenters. The molecule has 2 aromatic rings. The highest BCUT2D eigenvalue weighted by molar-refractivity contribution is 8.01. The van der Waals surface area contributed by atoms with Crippen LogP contribution >= 0.6 is 23.1 Å². The van der Waals surface area contributed by atoms with Gasteiger partial charge in [-0.1, -0.05) is 43.0 Å². The maximum atomic E-state index is 12.8. The minimum Gasteiger partial charge on any atom is -0.360 e. The Morgan fingerprint density at radius 2 is 2.11 bits per heavy atom. The second-order valence-corrected chi connectivity index (χ2v) is 8.86. The van der Waals surface area contributed by atoms with Crippen molar-refractivity contribution in [1.29, 1.82) is 5.26 Å². The van der Waals surface area contributed by atoms with Gasteiger partial charge >= 0.3 is 0 Å². The molecule has 144 valence electrons. The van der Waals surface area contributed by atoms with Gasteiger partial charge in [-0.25, -0.2) is 0 Å². The molecule has 0 fully saturated rings. The van der Waals surface area contributed by atoms with E-state index in [0.717, 1.165) is 27.3 Å². The fourth-order valence-corrected chi connectivity index (χ4v) is 3.92. The molecule has 0 aliphatic heterocycles. The van der Waals surface area contributed by atoms with Gasteiger partial charge in [-0.05, 0) is 43.0 Å². The summed E-state index contributed by atoms with van der Waals surface area (Å²) in [6, 6.07) is 8.05. The lowest BCUT2D eigenvalue weighted by Gasteiger charge is -2.22. The summed E-state index contributed by atoms with van der Waals surface area (Å²) in [6.07, 6.45) is 0.297. The summed E-state index contributed by atoms with van der Waals surface area (Å²) in [4.78, 5) is 14.5. The molecule has 1 aromatic heterocycles. The molecular formula is C19H25N5OS2. The standard InChI is InChI=1S/C19H25N5OS2/c1-13(2)11-21-18-22-23-19(27-18)26-12-17(25)24(9-5-8-20)16-7-6-14(3)15(4)10-16/h6-7,10,13H,5,9,11-12H2,1-4H3,(H,21,22). The lowest BCUT2D eigenvalue weighted by molar-refractivity contribution is -0.116. The van der Waals surface area contributed by atoms with Crippen molar-refractivity contribution in [3.05, 3.63) is 29.3 Å². The van der Waals surface area contributed by atoms with Gasteiger partial charge in [0.05, 0.1) is 18.2 Å². The van der Waals surface area contributed by atoms with E-state index in [2.05, 4.69) is 35.4 Å². The molecule has 0 aliphatic rings. The van der Waals surface area contributed by atoms with Crippen molar-refractivity contribution < 1.29 is 4.79 Å². The van der Waals surface area contributed by atoms with Gasteiger partial charge < -0.3 is 10.2 Å². The van der Waals surface area contributed by atoms with Crippen molar-refractivity contribution in [2.75, 3.05) is 29.1 Å². The average Bonchev–Trinajstić information content (AvgIpc) is 3.09. The zero-order valence-electron chi connectivity index (χ0n) is 16.2. The number of amides is 1. The summed E-state index contributed by atoms with van der Waals surface area (Å²) in [5, 5.41) is 21.2. The average molecular weight is 404 g/mol. The molecule has 27 heavy (non-hydrogen) atoms. The van der Waals surface area contributed by atoms with E-state index in [1.165, 1.54) is 28.7 Å². The van der Waals surface area contributed by atoms with Crippen LogP contribution in [0.1, 0.15) is 31.4 Å². The van der Waals surface area contributed by atoms with E-state index < -0.39 is 0 Å². The van der Waals surface area contributed by atoms with E-state index in [4.69, 9.17) is 5.26 Å². The molecule has 2 rings (SSSR count). The molecule has 0 bridgehead atoms. The van der Waals surface area contributed by atoms with Crippen molar-refractivity contribution >= 4 is 39.8 Å². The Kier molecular flexibility index (Phi) is 8.07. The maximum Gasteiger partial charge on any atom is 0.237 e. The van der Waals surface area contributed by atoms with E-state index >= 15 is 0 Å². The van der Waals surface area contributed by atoms with Crippen LogP contribution in [0.25, 0.3) is 0 Å². The van der Waals surface area contributed by atoms with E-state index in [9.17, 15) is 4.79 Å². The minimum atomic E-state index is -0.0367. The van der Waals surface area contributed by atoms with E-state index in [1.807, 2.05) is 32.0 Å². The summed E-state index contributed by atoms with van der Waals surface area (Å²) in [5.41, 5.74) is 3.13. The number of nitrogens with zero attached hydrogens (tertiary/aromatic N) is 4. The van der Waals surface area contributed by atoms with Crippen molar-refractivity contribution in [2.24, 2.45) is 5.92 Å². The van der Waals surface area contributed by atoms with Gasteiger partial charge in [0, 0.05) is 18.8 Å².